The number of nitrogens with one attached hydrogen (secondary N) is 2. The normalized spacial score (nSPS) is 11.4. The molecule has 0 unspecified atom stereocenters. The van der Waals surface area contributed by atoms with Crippen molar-refractivity contribution in [1.82, 2.24) is 0 Å². The first-order chi connectivity index (χ1) is 20.5. The third-order valence-corrected chi connectivity index (χ3v) is 9.80. The fourth-order valence-corrected chi connectivity index (χ4v) is 6.68. The van der Waals surface area contributed by atoms with E-state index in [0.29, 0.717) is 17.2 Å². The van der Waals surface area contributed by atoms with E-state index in [0.717, 1.165) is 21.9 Å². The summed E-state index contributed by atoms with van der Waals surface area (Å²) in [4.78, 5) is 13.1. The SMILES string of the molecule is CCc1ccc(N(CC(=O)Nc2ccc(S(=O)(=O)Nc3cc(OC)ccc3OC)cc2)S(=O)(=O)c2ccc(C)cc2)cc1. The zero-order chi connectivity index (χ0) is 31.2. The number of sulfonamides is 2. The van der Waals surface area contributed by atoms with E-state index < -0.39 is 32.5 Å². The number of methoxy groups -OCH3 is 2. The van der Waals surface area contributed by atoms with Gasteiger partial charge in [0.15, 0.2) is 0 Å². The lowest BCUT2D eigenvalue weighted by Crippen LogP contribution is -2.38. The number of ether oxygens (including phenoxy) is 2. The second-order valence-corrected chi connectivity index (χ2v) is 13.1. The van der Waals surface area contributed by atoms with E-state index in [2.05, 4.69) is 10.0 Å². The summed E-state index contributed by atoms with van der Waals surface area (Å²) in [6.45, 7) is 3.35. The maximum Gasteiger partial charge on any atom is 0.264 e. The summed E-state index contributed by atoms with van der Waals surface area (Å²) in [5.41, 5.74) is 2.75. The number of benzene rings is 4. The summed E-state index contributed by atoms with van der Waals surface area (Å²) in [5.74, 6) is 0.143. The van der Waals surface area contributed by atoms with E-state index in [-0.39, 0.29) is 21.2 Å². The highest BCUT2D eigenvalue weighted by Crippen LogP contribution is 2.31. The van der Waals surface area contributed by atoms with Gasteiger partial charge in [-0.15, -0.1) is 0 Å². The molecule has 0 saturated carbocycles. The quantitative estimate of drug-likeness (QED) is 0.222. The van der Waals surface area contributed by atoms with Gasteiger partial charge in [-0.2, -0.15) is 0 Å². The van der Waals surface area contributed by atoms with Crippen molar-refractivity contribution in [1.29, 1.82) is 0 Å². The van der Waals surface area contributed by atoms with Crippen molar-refractivity contribution in [2.75, 3.05) is 35.1 Å². The molecule has 0 aromatic heterocycles. The molecule has 12 heteroatoms. The monoisotopic (exact) mass is 623 g/mol. The minimum Gasteiger partial charge on any atom is -0.497 e. The van der Waals surface area contributed by atoms with Crippen LogP contribution in [-0.4, -0.2) is 43.5 Å². The molecule has 43 heavy (non-hydrogen) atoms. The second kappa shape index (κ2) is 13.2. The molecule has 0 bridgehead atoms. The number of hydrogen-bond acceptors (Lipinski definition) is 7. The van der Waals surface area contributed by atoms with Crippen LogP contribution in [0.1, 0.15) is 18.1 Å². The van der Waals surface area contributed by atoms with Crippen LogP contribution in [0.5, 0.6) is 11.5 Å². The van der Waals surface area contributed by atoms with Crippen molar-refractivity contribution in [2.45, 2.75) is 30.1 Å². The third-order valence-electron chi connectivity index (χ3n) is 6.63. The maximum atomic E-state index is 13.6. The Bertz CT molecular complexity index is 1790. The van der Waals surface area contributed by atoms with E-state index in [4.69, 9.17) is 9.47 Å². The Morgan fingerprint density at radius 3 is 2.00 bits per heavy atom. The summed E-state index contributed by atoms with van der Waals surface area (Å²) in [6, 6.07) is 23.6. The highest BCUT2D eigenvalue weighted by molar-refractivity contribution is 7.93. The predicted molar refractivity (Wildman–Crippen MR) is 167 cm³/mol. The lowest BCUT2D eigenvalue weighted by molar-refractivity contribution is -0.114. The van der Waals surface area contributed by atoms with Crippen LogP contribution < -0.4 is 23.8 Å². The van der Waals surface area contributed by atoms with E-state index >= 15 is 0 Å². The largest absolute Gasteiger partial charge is 0.497 e. The molecule has 0 heterocycles. The minimum atomic E-state index is -4.08. The van der Waals surface area contributed by atoms with E-state index in [1.54, 1.807) is 36.4 Å². The first-order valence-corrected chi connectivity index (χ1v) is 16.2. The summed E-state index contributed by atoms with van der Waals surface area (Å²) < 4.78 is 67.3. The predicted octanol–water partition coefficient (Wildman–Crippen LogP) is 5.21. The van der Waals surface area contributed by atoms with Gasteiger partial charge in [0, 0.05) is 11.8 Å². The first-order valence-electron chi connectivity index (χ1n) is 13.3. The summed E-state index contributed by atoms with van der Waals surface area (Å²) in [5, 5.41) is 2.66. The van der Waals surface area contributed by atoms with Crippen molar-refractivity contribution < 1.29 is 31.1 Å². The Morgan fingerprint density at radius 2 is 1.42 bits per heavy atom. The number of rotatable bonds is 12. The lowest BCUT2D eigenvalue weighted by Gasteiger charge is -2.24. The standard InChI is InChI=1S/C31H33N3O7S2/c1-5-23-8-12-25(13-9-23)34(43(38,39)28-15-6-22(2)7-16-28)21-31(35)32-24-10-17-27(18-11-24)42(36,37)33-29-20-26(40-3)14-19-30(29)41-4/h6-20,33H,5,21H2,1-4H3,(H,32,35). The topological polar surface area (TPSA) is 131 Å². The van der Waals surface area contributed by atoms with Crippen LogP contribution in [0.15, 0.2) is 101 Å². The molecule has 226 valence electrons. The van der Waals surface area contributed by atoms with Gasteiger partial charge in [0.05, 0.1) is 35.4 Å². The molecule has 2 N–H and O–H groups in total. The van der Waals surface area contributed by atoms with Crippen LogP contribution in [0.25, 0.3) is 0 Å². The zero-order valence-electron chi connectivity index (χ0n) is 24.2. The molecule has 4 aromatic carbocycles. The fourth-order valence-electron chi connectivity index (χ4n) is 4.20. The molecule has 4 aromatic rings. The van der Waals surface area contributed by atoms with E-state index in [1.807, 2.05) is 26.0 Å². The molecule has 4 rings (SSSR count). The average Bonchev–Trinajstić information content (AvgIpc) is 3.00. The summed E-state index contributed by atoms with van der Waals surface area (Å²) in [6.07, 6.45) is 0.778. The van der Waals surface area contributed by atoms with Crippen LogP contribution in [0, 0.1) is 6.92 Å². The summed E-state index contributed by atoms with van der Waals surface area (Å²) >= 11 is 0. The molecule has 10 nitrogen and oxygen atoms in total. The van der Waals surface area contributed by atoms with Gasteiger partial charge in [-0.25, -0.2) is 16.8 Å². The van der Waals surface area contributed by atoms with Crippen molar-refractivity contribution in [3.05, 3.63) is 102 Å². The number of aryl methyl sites for hydroxylation is 2. The van der Waals surface area contributed by atoms with Gasteiger partial charge in [-0.3, -0.25) is 13.8 Å². The molecule has 1 amide bonds. The minimum absolute atomic E-state index is 0.0557. The highest BCUT2D eigenvalue weighted by atomic mass is 32.2. The Hall–Kier alpha value is -4.55. The number of nitrogens with zero attached hydrogens (tertiary/aromatic N) is 1. The Balaban J connectivity index is 1.54. The van der Waals surface area contributed by atoms with Gasteiger partial charge in [0.25, 0.3) is 20.0 Å². The molecule has 0 aliphatic heterocycles. The molecule has 0 aliphatic carbocycles. The second-order valence-electron chi connectivity index (χ2n) is 9.59. The zero-order valence-corrected chi connectivity index (χ0v) is 25.8. The molecule has 0 radical (unpaired) electrons. The maximum absolute atomic E-state index is 13.6. The first kappa shape index (κ1) is 31.4. The van der Waals surface area contributed by atoms with Crippen molar-refractivity contribution in [3.63, 3.8) is 0 Å². The van der Waals surface area contributed by atoms with E-state index in [9.17, 15) is 21.6 Å². The van der Waals surface area contributed by atoms with Crippen molar-refractivity contribution in [2.24, 2.45) is 0 Å². The smallest absolute Gasteiger partial charge is 0.264 e. The van der Waals surface area contributed by atoms with Gasteiger partial charge in [0.2, 0.25) is 5.91 Å². The number of anilines is 3. The molecule has 0 aliphatic rings. The molecule has 0 fully saturated rings. The number of carbonyl (C=O) groups is 1. The molecule has 0 spiro atoms. The number of carbonyl (C=O) groups excluding carboxylic acids is 1. The van der Waals surface area contributed by atoms with Gasteiger partial charge in [-0.1, -0.05) is 36.8 Å². The van der Waals surface area contributed by atoms with Crippen molar-refractivity contribution in [3.8, 4) is 11.5 Å². The Morgan fingerprint density at radius 1 is 0.791 bits per heavy atom. The van der Waals surface area contributed by atoms with Crippen LogP contribution in [0.3, 0.4) is 0 Å². The molecular weight excluding hydrogens is 590 g/mol. The van der Waals surface area contributed by atoms with Gasteiger partial charge >= 0.3 is 0 Å². The molecular formula is C31H33N3O7S2. The van der Waals surface area contributed by atoms with Crippen LogP contribution >= 0.6 is 0 Å². The van der Waals surface area contributed by atoms with Crippen molar-refractivity contribution >= 4 is 43.0 Å². The van der Waals surface area contributed by atoms with E-state index in [1.165, 1.54) is 56.7 Å². The van der Waals surface area contributed by atoms with Crippen LogP contribution in [0.2, 0.25) is 0 Å². The number of amides is 1. The third kappa shape index (κ3) is 7.46. The number of hydrogen-bond donors (Lipinski definition) is 2. The van der Waals surface area contributed by atoms with Crippen LogP contribution in [-0.2, 0) is 31.3 Å². The van der Waals surface area contributed by atoms with Gasteiger partial charge in [-0.05, 0) is 79.6 Å². The molecule has 0 saturated heterocycles. The lowest BCUT2D eigenvalue weighted by atomic mass is 10.1. The van der Waals surface area contributed by atoms with Crippen LogP contribution in [0.4, 0.5) is 17.1 Å². The Labute approximate surface area is 252 Å². The molecule has 0 atom stereocenters. The average molecular weight is 624 g/mol. The van der Waals surface area contributed by atoms with Gasteiger partial charge < -0.3 is 14.8 Å². The fraction of sp³-hybridized carbons (Fsp3) is 0.194. The summed E-state index contributed by atoms with van der Waals surface area (Å²) in [7, 11) is -5.21. The highest BCUT2D eigenvalue weighted by Gasteiger charge is 2.27. The van der Waals surface area contributed by atoms with Gasteiger partial charge in [0.1, 0.15) is 18.0 Å². The Kier molecular flexibility index (Phi) is 9.62.